The van der Waals surface area contributed by atoms with Crippen molar-refractivity contribution in [3.8, 4) is 5.75 Å². The second-order valence-corrected chi connectivity index (χ2v) is 9.03. The average Bonchev–Trinajstić information content (AvgIpc) is 2.83. The zero-order valence-corrected chi connectivity index (χ0v) is 19.0. The highest BCUT2D eigenvalue weighted by atomic mass is 32.2. The van der Waals surface area contributed by atoms with E-state index in [1.54, 1.807) is 60.9 Å². The summed E-state index contributed by atoms with van der Waals surface area (Å²) in [5, 5.41) is 2.86. The fourth-order valence-corrected chi connectivity index (χ4v) is 4.61. The molecule has 1 heterocycles. The van der Waals surface area contributed by atoms with E-state index in [0.717, 1.165) is 11.1 Å². The molecule has 0 saturated carbocycles. The molecule has 0 aliphatic heterocycles. The molecule has 0 saturated heterocycles. The number of hydrogen-bond donors (Lipinski definition) is 1. The topological polar surface area (TPSA) is 88.6 Å². The van der Waals surface area contributed by atoms with Gasteiger partial charge in [0, 0.05) is 43.2 Å². The molecular weight excluding hydrogens is 426 g/mol. The average molecular weight is 454 g/mol. The van der Waals surface area contributed by atoms with Crippen LogP contribution in [0.5, 0.6) is 5.75 Å². The molecule has 1 amide bonds. The van der Waals surface area contributed by atoms with Crippen molar-refractivity contribution in [1.29, 1.82) is 0 Å². The lowest BCUT2D eigenvalue weighted by molar-refractivity contribution is 0.0950. The number of benzene rings is 2. The van der Waals surface area contributed by atoms with Gasteiger partial charge in [0.05, 0.1) is 4.90 Å². The molecule has 1 N–H and O–H groups in total. The van der Waals surface area contributed by atoms with Crippen molar-refractivity contribution in [1.82, 2.24) is 14.6 Å². The minimum Gasteiger partial charge on any atom is -0.489 e. The third-order valence-electron chi connectivity index (χ3n) is 4.94. The summed E-state index contributed by atoms with van der Waals surface area (Å²) in [6.45, 7) is 5.10. The van der Waals surface area contributed by atoms with Gasteiger partial charge in [-0.15, -0.1) is 0 Å². The molecule has 0 spiro atoms. The summed E-state index contributed by atoms with van der Waals surface area (Å²) in [6, 6.07) is 17.3. The van der Waals surface area contributed by atoms with Crippen molar-refractivity contribution in [3.05, 3.63) is 89.7 Å². The van der Waals surface area contributed by atoms with Gasteiger partial charge in [0.2, 0.25) is 10.0 Å². The van der Waals surface area contributed by atoms with Crippen molar-refractivity contribution in [2.45, 2.75) is 31.9 Å². The predicted molar refractivity (Wildman–Crippen MR) is 123 cm³/mol. The van der Waals surface area contributed by atoms with E-state index in [0.29, 0.717) is 31.0 Å². The number of rotatable bonds is 10. The first-order valence-electron chi connectivity index (χ1n) is 10.4. The summed E-state index contributed by atoms with van der Waals surface area (Å²) in [6.07, 6.45) is 3.43. The maximum Gasteiger partial charge on any atom is 0.251 e. The lowest BCUT2D eigenvalue weighted by Crippen LogP contribution is -2.30. The van der Waals surface area contributed by atoms with E-state index in [4.69, 9.17) is 4.74 Å². The van der Waals surface area contributed by atoms with Crippen LogP contribution in [0.2, 0.25) is 0 Å². The van der Waals surface area contributed by atoms with Gasteiger partial charge in [0.1, 0.15) is 12.4 Å². The minimum absolute atomic E-state index is 0.239. The van der Waals surface area contributed by atoms with Crippen LogP contribution in [0.15, 0.2) is 78.0 Å². The summed E-state index contributed by atoms with van der Waals surface area (Å²) < 4.78 is 32.3. The maximum absolute atomic E-state index is 12.6. The van der Waals surface area contributed by atoms with Crippen molar-refractivity contribution in [2.24, 2.45) is 0 Å². The molecule has 0 fully saturated rings. The smallest absolute Gasteiger partial charge is 0.251 e. The number of hydrogen-bond acceptors (Lipinski definition) is 5. The molecule has 32 heavy (non-hydrogen) atoms. The number of sulfonamides is 1. The van der Waals surface area contributed by atoms with E-state index in [-0.39, 0.29) is 17.3 Å². The lowest BCUT2D eigenvalue weighted by Gasteiger charge is -2.18. The van der Waals surface area contributed by atoms with Gasteiger partial charge in [-0.3, -0.25) is 9.78 Å². The van der Waals surface area contributed by atoms with Gasteiger partial charge >= 0.3 is 0 Å². The van der Waals surface area contributed by atoms with Crippen molar-refractivity contribution < 1.29 is 17.9 Å². The Hall–Kier alpha value is -3.23. The molecular formula is C24H27N3O4S. The molecule has 2 aromatic carbocycles. The van der Waals surface area contributed by atoms with E-state index < -0.39 is 10.0 Å². The molecule has 0 bridgehead atoms. The number of aromatic nitrogens is 1. The summed E-state index contributed by atoms with van der Waals surface area (Å²) in [5.74, 6) is 0.351. The molecule has 3 rings (SSSR count). The molecule has 0 aliphatic rings. The molecule has 3 aromatic rings. The molecule has 1 aromatic heterocycles. The van der Waals surface area contributed by atoms with Crippen LogP contribution in [0.4, 0.5) is 0 Å². The second kappa shape index (κ2) is 10.9. The quantitative estimate of drug-likeness (QED) is 0.507. The van der Waals surface area contributed by atoms with Gasteiger partial charge in [-0.25, -0.2) is 8.42 Å². The molecule has 0 radical (unpaired) electrons. The first-order valence-corrected chi connectivity index (χ1v) is 11.9. The first kappa shape index (κ1) is 23.4. The van der Waals surface area contributed by atoms with Gasteiger partial charge in [0.15, 0.2) is 0 Å². The minimum atomic E-state index is -3.49. The standard InChI is InChI=1S/C24H27N3O4S/c1-3-27(4-2)32(29,30)23-12-10-19(11-13-23)17-26-24(28)21-8-5-9-22(15-21)31-18-20-7-6-14-25-16-20/h5-16H,3-4,17-18H2,1-2H3,(H,26,28). The zero-order chi connectivity index (χ0) is 23.0. The van der Waals surface area contributed by atoms with Crippen molar-refractivity contribution >= 4 is 15.9 Å². The summed E-state index contributed by atoms with van der Waals surface area (Å²) in [7, 11) is -3.49. The first-order chi connectivity index (χ1) is 15.4. The highest BCUT2D eigenvalue weighted by molar-refractivity contribution is 7.89. The van der Waals surface area contributed by atoms with E-state index in [9.17, 15) is 13.2 Å². The van der Waals surface area contributed by atoms with E-state index in [2.05, 4.69) is 10.3 Å². The summed E-state index contributed by atoms with van der Waals surface area (Å²) in [4.78, 5) is 16.9. The molecule has 8 heteroatoms. The van der Waals surface area contributed by atoms with Gasteiger partial charge in [-0.1, -0.05) is 38.1 Å². The third kappa shape index (κ3) is 5.93. The van der Waals surface area contributed by atoms with Crippen molar-refractivity contribution in [3.63, 3.8) is 0 Å². The number of carbonyl (C=O) groups is 1. The molecule has 168 valence electrons. The summed E-state index contributed by atoms with van der Waals surface area (Å²) >= 11 is 0. The maximum atomic E-state index is 12.6. The van der Waals surface area contributed by atoms with Crippen LogP contribution in [0.1, 0.15) is 35.3 Å². The van der Waals surface area contributed by atoms with Crippen LogP contribution >= 0.6 is 0 Å². The molecule has 0 aliphatic carbocycles. The van der Waals surface area contributed by atoms with Gasteiger partial charge in [0.25, 0.3) is 5.91 Å². The Bertz CT molecular complexity index is 1130. The van der Waals surface area contributed by atoms with E-state index in [1.165, 1.54) is 4.31 Å². The lowest BCUT2D eigenvalue weighted by atomic mass is 10.2. The highest BCUT2D eigenvalue weighted by Crippen LogP contribution is 2.17. The van der Waals surface area contributed by atoms with Crippen molar-refractivity contribution in [2.75, 3.05) is 13.1 Å². The molecule has 7 nitrogen and oxygen atoms in total. The molecule has 0 unspecified atom stereocenters. The monoisotopic (exact) mass is 453 g/mol. The Morgan fingerprint density at radius 3 is 2.41 bits per heavy atom. The summed E-state index contributed by atoms with van der Waals surface area (Å²) in [5.41, 5.74) is 2.23. The third-order valence-corrected chi connectivity index (χ3v) is 7.01. The van der Waals surface area contributed by atoms with Gasteiger partial charge < -0.3 is 10.1 Å². The Balaban J connectivity index is 1.58. The van der Waals surface area contributed by atoms with Gasteiger partial charge in [-0.2, -0.15) is 4.31 Å². The number of carbonyl (C=O) groups excluding carboxylic acids is 1. The Morgan fingerprint density at radius 2 is 1.75 bits per heavy atom. The zero-order valence-electron chi connectivity index (χ0n) is 18.2. The number of amides is 1. The van der Waals surface area contributed by atoms with Crippen LogP contribution in [0, 0.1) is 0 Å². The van der Waals surface area contributed by atoms with Crippen LogP contribution < -0.4 is 10.1 Å². The normalized spacial score (nSPS) is 11.3. The van der Waals surface area contributed by atoms with E-state index >= 15 is 0 Å². The number of ether oxygens (including phenoxy) is 1. The van der Waals surface area contributed by atoms with Crippen LogP contribution in [-0.2, 0) is 23.2 Å². The second-order valence-electron chi connectivity index (χ2n) is 7.09. The van der Waals surface area contributed by atoms with E-state index in [1.807, 2.05) is 26.0 Å². The predicted octanol–water partition coefficient (Wildman–Crippen LogP) is 3.62. The Morgan fingerprint density at radius 1 is 1.00 bits per heavy atom. The SMILES string of the molecule is CCN(CC)S(=O)(=O)c1ccc(CNC(=O)c2cccc(OCc3cccnc3)c2)cc1. The molecule has 0 atom stereocenters. The van der Waals surface area contributed by atoms with Crippen LogP contribution in [0.25, 0.3) is 0 Å². The van der Waals surface area contributed by atoms with Gasteiger partial charge in [-0.05, 0) is 42.0 Å². The number of nitrogens with zero attached hydrogens (tertiary/aromatic N) is 2. The largest absolute Gasteiger partial charge is 0.489 e. The van der Waals surface area contributed by atoms with Crippen LogP contribution in [-0.4, -0.2) is 36.7 Å². The number of pyridine rings is 1. The Kier molecular flexibility index (Phi) is 7.97. The fourth-order valence-electron chi connectivity index (χ4n) is 3.15. The number of nitrogens with one attached hydrogen (secondary N) is 1. The fraction of sp³-hybridized carbons (Fsp3) is 0.250. The van der Waals surface area contributed by atoms with Crippen LogP contribution in [0.3, 0.4) is 0 Å². The highest BCUT2D eigenvalue weighted by Gasteiger charge is 2.21. The Labute approximate surface area is 189 Å².